The highest BCUT2D eigenvalue weighted by molar-refractivity contribution is 6.04. The van der Waals surface area contributed by atoms with Crippen LogP contribution in [-0.2, 0) is 4.79 Å². The SMILES string of the molecule is CCCC1NC(=O)N(CC(N)c2ccccc2F)C1=O. The molecule has 0 aromatic heterocycles. The Morgan fingerprint density at radius 3 is 2.75 bits per heavy atom. The predicted octanol–water partition coefficient (Wildman–Crippen LogP) is 1.55. The van der Waals surface area contributed by atoms with Crippen molar-refractivity contribution in [3.8, 4) is 0 Å². The summed E-state index contributed by atoms with van der Waals surface area (Å²) in [6, 6.07) is 4.43. The molecule has 0 aliphatic carbocycles. The van der Waals surface area contributed by atoms with Gasteiger partial charge in [0.15, 0.2) is 0 Å². The van der Waals surface area contributed by atoms with Gasteiger partial charge in [-0.2, -0.15) is 0 Å². The lowest BCUT2D eigenvalue weighted by Crippen LogP contribution is -2.37. The Balaban J connectivity index is 2.08. The van der Waals surface area contributed by atoms with E-state index in [4.69, 9.17) is 5.73 Å². The summed E-state index contributed by atoms with van der Waals surface area (Å²) in [4.78, 5) is 24.9. The van der Waals surface area contributed by atoms with Crippen molar-refractivity contribution < 1.29 is 14.0 Å². The average molecular weight is 279 g/mol. The van der Waals surface area contributed by atoms with Crippen molar-refractivity contribution in [2.45, 2.75) is 31.8 Å². The maximum atomic E-state index is 13.6. The van der Waals surface area contributed by atoms with Crippen LogP contribution in [0.3, 0.4) is 0 Å². The van der Waals surface area contributed by atoms with Crippen molar-refractivity contribution >= 4 is 11.9 Å². The number of hydrogen-bond donors (Lipinski definition) is 2. The summed E-state index contributed by atoms with van der Waals surface area (Å²) in [5, 5.41) is 2.61. The number of nitrogens with one attached hydrogen (secondary N) is 1. The summed E-state index contributed by atoms with van der Waals surface area (Å²) in [5.74, 6) is -0.721. The zero-order chi connectivity index (χ0) is 14.7. The van der Waals surface area contributed by atoms with E-state index in [9.17, 15) is 14.0 Å². The first-order valence-electron chi connectivity index (χ1n) is 6.66. The number of benzene rings is 1. The molecule has 2 rings (SSSR count). The van der Waals surface area contributed by atoms with E-state index in [0.29, 0.717) is 12.0 Å². The third kappa shape index (κ3) is 2.80. The Bertz CT molecular complexity index is 521. The molecular formula is C14H18FN3O2. The summed E-state index contributed by atoms with van der Waals surface area (Å²) >= 11 is 0. The molecule has 2 atom stereocenters. The van der Waals surface area contributed by atoms with E-state index >= 15 is 0 Å². The normalized spacial score (nSPS) is 20.1. The largest absolute Gasteiger partial charge is 0.326 e. The number of carbonyl (C=O) groups is 2. The van der Waals surface area contributed by atoms with Gasteiger partial charge in [-0.1, -0.05) is 31.5 Å². The van der Waals surface area contributed by atoms with E-state index in [2.05, 4.69) is 5.32 Å². The average Bonchev–Trinajstić information content (AvgIpc) is 2.67. The molecule has 0 saturated carbocycles. The highest BCUT2D eigenvalue weighted by Crippen LogP contribution is 2.19. The molecular weight excluding hydrogens is 261 g/mol. The molecule has 1 aliphatic rings. The number of hydrogen-bond acceptors (Lipinski definition) is 3. The lowest BCUT2D eigenvalue weighted by atomic mass is 10.1. The topological polar surface area (TPSA) is 75.4 Å². The van der Waals surface area contributed by atoms with E-state index in [1.54, 1.807) is 18.2 Å². The maximum absolute atomic E-state index is 13.6. The molecule has 0 radical (unpaired) electrons. The minimum absolute atomic E-state index is 0.0220. The number of rotatable bonds is 5. The van der Waals surface area contributed by atoms with Gasteiger partial charge in [0.05, 0.1) is 6.04 Å². The molecule has 3 amide bonds. The van der Waals surface area contributed by atoms with E-state index in [-0.39, 0.29) is 12.5 Å². The summed E-state index contributed by atoms with van der Waals surface area (Å²) in [6.07, 6.45) is 1.39. The number of urea groups is 1. The fourth-order valence-electron chi connectivity index (χ4n) is 2.30. The van der Waals surface area contributed by atoms with Gasteiger partial charge in [0, 0.05) is 12.1 Å². The third-order valence-electron chi connectivity index (χ3n) is 3.37. The van der Waals surface area contributed by atoms with E-state index in [1.807, 2.05) is 6.92 Å². The fourth-order valence-corrected chi connectivity index (χ4v) is 2.30. The lowest BCUT2D eigenvalue weighted by Gasteiger charge is -2.19. The first kappa shape index (κ1) is 14.5. The highest BCUT2D eigenvalue weighted by Gasteiger charge is 2.38. The van der Waals surface area contributed by atoms with Gasteiger partial charge in [-0.3, -0.25) is 9.69 Å². The summed E-state index contributed by atoms with van der Waals surface area (Å²) in [6.45, 7) is 1.92. The molecule has 1 aliphatic heterocycles. The zero-order valence-electron chi connectivity index (χ0n) is 11.3. The van der Waals surface area contributed by atoms with Crippen LogP contribution in [0.4, 0.5) is 9.18 Å². The molecule has 5 nitrogen and oxygen atoms in total. The molecule has 1 fully saturated rings. The van der Waals surface area contributed by atoms with E-state index in [0.717, 1.165) is 11.3 Å². The number of amides is 3. The molecule has 2 unspecified atom stereocenters. The number of carbonyl (C=O) groups excluding carboxylic acids is 2. The molecule has 6 heteroatoms. The van der Waals surface area contributed by atoms with Crippen LogP contribution in [-0.4, -0.2) is 29.4 Å². The van der Waals surface area contributed by atoms with Crippen molar-refractivity contribution in [2.24, 2.45) is 5.73 Å². The Hall–Kier alpha value is -1.95. The quantitative estimate of drug-likeness (QED) is 0.803. The first-order chi connectivity index (χ1) is 9.54. The number of halogens is 1. The molecule has 1 aromatic carbocycles. The standard InChI is InChI=1S/C14H18FN3O2/c1-2-5-12-13(19)18(14(20)17-12)8-11(16)9-6-3-4-7-10(9)15/h3-4,6-7,11-12H,2,5,8,16H2,1H3,(H,17,20). The Kier molecular flexibility index (Phi) is 4.34. The van der Waals surface area contributed by atoms with E-state index < -0.39 is 23.9 Å². The van der Waals surface area contributed by atoms with Crippen LogP contribution in [0.2, 0.25) is 0 Å². The molecule has 20 heavy (non-hydrogen) atoms. The number of imide groups is 1. The Morgan fingerprint density at radius 2 is 2.10 bits per heavy atom. The van der Waals surface area contributed by atoms with Crippen LogP contribution in [0.15, 0.2) is 24.3 Å². The second-order valence-corrected chi connectivity index (χ2v) is 4.87. The minimum Gasteiger partial charge on any atom is -0.326 e. The van der Waals surface area contributed by atoms with Crippen LogP contribution in [0, 0.1) is 5.82 Å². The molecule has 0 spiro atoms. The van der Waals surface area contributed by atoms with Gasteiger partial charge in [-0.05, 0) is 12.5 Å². The molecule has 0 bridgehead atoms. The van der Waals surface area contributed by atoms with Gasteiger partial charge >= 0.3 is 6.03 Å². The Labute approximate surface area is 116 Å². The van der Waals surface area contributed by atoms with Gasteiger partial charge in [0.25, 0.3) is 5.91 Å². The van der Waals surface area contributed by atoms with Crippen molar-refractivity contribution in [3.63, 3.8) is 0 Å². The second-order valence-electron chi connectivity index (χ2n) is 4.87. The van der Waals surface area contributed by atoms with Crippen LogP contribution in [0.25, 0.3) is 0 Å². The summed E-state index contributed by atoms with van der Waals surface area (Å²) in [5.41, 5.74) is 6.20. The molecule has 3 N–H and O–H groups in total. The Morgan fingerprint density at radius 1 is 1.40 bits per heavy atom. The molecule has 1 aromatic rings. The smallest absolute Gasteiger partial charge is 0.324 e. The van der Waals surface area contributed by atoms with Gasteiger partial charge in [-0.25, -0.2) is 9.18 Å². The summed E-state index contributed by atoms with van der Waals surface area (Å²) < 4.78 is 13.6. The van der Waals surface area contributed by atoms with Gasteiger partial charge in [-0.15, -0.1) is 0 Å². The molecule has 1 heterocycles. The van der Waals surface area contributed by atoms with E-state index in [1.165, 1.54) is 6.07 Å². The van der Waals surface area contributed by atoms with Crippen molar-refractivity contribution in [3.05, 3.63) is 35.6 Å². The van der Waals surface area contributed by atoms with Crippen molar-refractivity contribution in [1.82, 2.24) is 10.2 Å². The molecule has 108 valence electrons. The van der Waals surface area contributed by atoms with Crippen LogP contribution < -0.4 is 11.1 Å². The van der Waals surface area contributed by atoms with Crippen LogP contribution in [0.1, 0.15) is 31.4 Å². The lowest BCUT2D eigenvalue weighted by molar-refractivity contribution is -0.127. The van der Waals surface area contributed by atoms with Gasteiger partial charge in [0.2, 0.25) is 0 Å². The fraction of sp³-hybridized carbons (Fsp3) is 0.429. The maximum Gasteiger partial charge on any atom is 0.324 e. The van der Waals surface area contributed by atoms with Gasteiger partial charge < -0.3 is 11.1 Å². The predicted molar refractivity (Wildman–Crippen MR) is 72.3 cm³/mol. The molecule has 1 saturated heterocycles. The van der Waals surface area contributed by atoms with Gasteiger partial charge in [0.1, 0.15) is 11.9 Å². The van der Waals surface area contributed by atoms with Crippen molar-refractivity contribution in [2.75, 3.05) is 6.54 Å². The highest BCUT2D eigenvalue weighted by atomic mass is 19.1. The zero-order valence-corrected chi connectivity index (χ0v) is 11.3. The first-order valence-corrected chi connectivity index (χ1v) is 6.66. The monoisotopic (exact) mass is 279 g/mol. The second kappa shape index (κ2) is 6.00. The minimum atomic E-state index is -0.730. The number of nitrogens with zero attached hydrogens (tertiary/aromatic N) is 1. The number of nitrogens with two attached hydrogens (primary N) is 1. The van der Waals surface area contributed by atoms with Crippen LogP contribution >= 0.6 is 0 Å². The van der Waals surface area contributed by atoms with Crippen molar-refractivity contribution in [1.29, 1.82) is 0 Å². The van der Waals surface area contributed by atoms with Crippen LogP contribution in [0.5, 0.6) is 0 Å². The summed E-state index contributed by atoms with van der Waals surface area (Å²) in [7, 11) is 0. The third-order valence-corrected chi connectivity index (χ3v) is 3.37.